The minimum Gasteiger partial charge on any atom is -0.327 e. The van der Waals surface area contributed by atoms with Crippen LogP contribution in [0, 0.1) is 0 Å². The number of nitrogens with zero attached hydrogens (tertiary/aromatic N) is 2. The van der Waals surface area contributed by atoms with E-state index in [9.17, 15) is 0 Å². The highest BCUT2D eigenvalue weighted by Gasteiger charge is 2.46. The summed E-state index contributed by atoms with van der Waals surface area (Å²) < 4.78 is 0. The van der Waals surface area contributed by atoms with Crippen LogP contribution in [0.3, 0.4) is 0 Å². The van der Waals surface area contributed by atoms with Gasteiger partial charge in [-0.25, -0.2) is 4.99 Å². The van der Waals surface area contributed by atoms with Gasteiger partial charge in [-0.15, -0.1) is 0 Å². The SMILES string of the molecule is Clc1ccc([C@H]2C3=C(NC4=N[C@H]5CCCC[C@@H]5N42)c2ccccc2CC3)cc1. The third-order valence-electron chi connectivity index (χ3n) is 6.89. The van der Waals surface area contributed by atoms with E-state index < -0.39 is 0 Å². The van der Waals surface area contributed by atoms with Gasteiger partial charge < -0.3 is 10.2 Å². The summed E-state index contributed by atoms with van der Waals surface area (Å²) in [4.78, 5) is 7.76. The van der Waals surface area contributed by atoms with Gasteiger partial charge in [-0.2, -0.15) is 0 Å². The first-order chi connectivity index (χ1) is 13.8. The molecule has 3 atom stereocenters. The topological polar surface area (TPSA) is 27.6 Å². The van der Waals surface area contributed by atoms with Gasteiger partial charge in [0.1, 0.15) is 0 Å². The molecule has 1 saturated carbocycles. The molecule has 2 heterocycles. The number of guanidine groups is 1. The van der Waals surface area contributed by atoms with E-state index in [1.54, 1.807) is 0 Å². The third kappa shape index (κ3) is 2.45. The molecule has 6 rings (SSSR count). The fraction of sp³-hybridized carbons (Fsp3) is 0.375. The predicted octanol–water partition coefficient (Wildman–Crippen LogP) is 5.32. The first-order valence-corrected chi connectivity index (χ1v) is 10.9. The Morgan fingerprint density at radius 1 is 0.964 bits per heavy atom. The normalized spacial score (nSPS) is 28.0. The van der Waals surface area contributed by atoms with Gasteiger partial charge in [0.15, 0.2) is 5.96 Å². The zero-order valence-corrected chi connectivity index (χ0v) is 16.6. The molecule has 4 heteroatoms. The van der Waals surface area contributed by atoms with Crippen LogP contribution in [0.25, 0.3) is 5.70 Å². The van der Waals surface area contributed by atoms with E-state index in [0.717, 1.165) is 23.8 Å². The number of benzene rings is 2. The lowest BCUT2D eigenvalue weighted by atomic mass is 9.80. The number of halogens is 1. The van der Waals surface area contributed by atoms with Gasteiger partial charge >= 0.3 is 0 Å². The van der Waals surface area contributed by atoms with Gasteiger partial charge in [-0.3, -0.25) is 0 Å². The van der Waals surface area contributed by atoms with Crippen molar-refractivity contribution in [1.29, 1.82) is 0 Å². The Morgan fingerprint density at radius 2 is 1.79 bits per heavy atom. The summed E-state index contributed by atoms with van der Waals surface area (Å²) in [6.45, 7) is 0. The average Bonchev–Trinajstić information content (AvgIpc) is 3.11. The average molecular weight is 390 g/mol. The molecule has 28 heavy (non-hydrogen) atoms. The molecule has 1 fully saturated rings. The van der Waals surface area contributed by atoms with E-state index in [1.807, 2.05) is 12.1 Å². The fourth-order valence-corrected chi connectivity index (χ4v) is 5.74. The van der Waals surface area contributed by atoms with Crippen LogP contribution in [-0.2, 0) is 6.42 Å². The molecule has 0 radical (unpaired) electrons. The molecule has 142 valence electrons. The number of aliphatic imine (C=N–C) groups is 1. The monoisotopic (exact) mass is 389 g/mol. The van der Waals surface area contributed by atoms with Crippen LogP contribution in [0.1, 0.15) is 54.8 Å². The highest BCUT2D eigenvalue weighted by Crippen LogP contribution is 2.47. The van der Waals surface area contributed by atoms with E-state index in [2.05, 4.69) is 46.6 Å². The minimum absolute atomic E-state index is 0.258. The molecule has 4 aliphatic rings. The van der Waals surface area contributed by atoms with Crippen LogP contribution < -0.4 is 5.32 Å². The Labute approximate surface area is 171 Å². The molecule has 2 aliphatic carbocycles. The first kappa shape index (κ1) is 16.7. The maximum Gasteiger partial charge on any atom is 0.199 e. The maximum absolute atomic E-state index is 6.22. The Kier molecular flexibility index (Phi) is 3.80. The van der Waals surface area contributed by atoms with E-state index in [1.165, 1.54) is 53.6 Å². The molecule has 2 aromatic rings. The molecular formula is C24H24ClN3. The summed E-state index contributed by atoms with van der Waals surface area (Å²) in [6.07, 6.45) is 7.25. The van der Waals surface area contributed by atoms with Crippen molar-refractivity contribution >= 4 is 23.3 Å². The van der Waals surface area contributed by atoms with Gasteiger partial charge in [-0.1, -0.05) is 60.8 Å². The van der Waals surface area contributed by atoms with Crippen LogP contribution in [0.2, 0.25) is 5.02 Å². The van der Waals surface area contributed by atoms with E-state index in [4.69, 9.17) is 16.6 Å². The van der Waals surface area contributed by atoms with E-state index in [0.29, 0.717) is 12.1 Å². The van der Waals surface area contributed by atoms with E-state index in [-0.39, 0.29) is 6.04 Å². The van der Waals surface area contributed by atoms with Gasteiger partial charge in [-0.05, 0) is 54.5 Å². The van der Waals surface area contributed by atoms with Crippen molar-refractivity contribution in [1.82, 2.24) is 10.2 Å². The molecular weight excluding hydrogens is 366 g/mol. The number of rotatable bonds is 1. The van der Waals surface area contributed by atoms with Crippen molar-refractivity contribution in [3.8, 4) is 0 Å². The zero-order chi connectivity index (χ0) is 18.7. The summed E-state index contributed by atoms with van der Waals surface area (Å²) in [7, 11) is 0. The summed E-state index contributed by atoms with van der Waals surface area (Å²) >= 11 is 6.22. The van der Waals surface area contributed by atoms with Crippen molar-refractivity contribution < 1.29 is 0 Å². The van der Waals surface area contributed by atoms with Gasteiger partial charge in [0.2, 0.25) is 0 Å². The minimum atomic E-state index is 0.258. The molecule has 2 aromatic carbocycles. The van der Waals surface area contributed by atoms with Crippen LogP contribution in [-0.4, -0.2) is 22.9 Å². The second-order valence-electron chi connectivity index (χ2n) is 8.42. The summed E-state index contributed by atoms with van der Waals surface area (Å²) in [5, 5.41) is 4.57. The van der Waals surface area contributed by atoms with Crippen molar-refractivity contribution in [3.05, 3.63) is 75.8 Å². The summed E-state index contributed by atoms with van der Waals surface area (Å²) in [6, 6.07) is 18.5. The van der Waals surface area contributed by atoms with Crippen LogP contribution in [0.5, 0.6) is 0 Å². The molecule has 0 amide bonds. The molecule has 3 nitrogen and oxygen atoms in total. The third-order valence-corrected chi connectivity index (χ3v) is 7.14. The Bertz CT molecular complexity index is 991. The van der Waals surface area contributed by atoms with Crippen LogP contribution in [0.4, 0.5) is 0 Å². The van der Waals surface area contributed by atoms with Gasteiger partial charge in [0.25, 0.3) is 0 Å². The fourth-order valence-electron chi connectivity index (χ4n) is 5.62. The van der Waals surface area contributed by atoms with Crippen LogP contribution >= 0.6 is 11.6 Å². The lowest BCUT2D eigenvalue weighted by Crippen LogP contribution is -2.51. The standard InChI is InChI=1S/C24H24ClN3/c25-17-12-9-16(10-13-17)23-19-14-11-15-5-1-2-6-18(15)22(19)27-24-26-20-7-3-4-8-21(20)28(23)24/h1-2,5-6,9-10,12-13,20-21,23H,3-4,7-8,11,14H2,(H,26,27)/t20-,21-,23-/m0/s1. The Hall–Kier alpha value is -2.26. The van der Waals surface area contributed by atoms with Crippen LogP contribution in [0.15, 0.2) is 59.1 Å². The molecule has 2 aliphatic heterocycles. The highest BCUT2D eigenvalue weighted by atomic mass is 35.5. The number of fused-ring (bicyclic) bond motifs is 5. The van der Waals surface area contributed by atoms with Crippen molar-refractivity contribution in [3.63, 3.8) is 0 Å². The highest BCUT2D eigenvalue weighted by molar-refractivity contribution is 6.30. The number of aryl methyl sites for hydroxylation is 1. The molecule has 1 N–H and O–H groups in total. The Balaban J connectivity index is 1.53. The molecule has 0 spiro atoms. The lowest BCUT2D eigenvalue weighted by molar-refractivity contribution is 0.204. The molecule has 0 aromatic heterocycles. The number of nitrogens with one attached hydrogen (secondary N) is 1. The zero-order valence-electron chi connectivity index (χ0n) is 15.9. The van der Waals surface area contributed by atoms with E-state index >= 15 is 0 Å². The first-order valence-electron chi connectivity index (χ1n) is 10.5. The second-order valence-corrected chi connectivity index (χ2v) is 8.85. The summed E-state index contributed by atoms with van der Waals surface area (Å²) in [5.41, 5.74) is 6.91. The molecule has 0 bridgehead atoms. The largest absolute Gasteiger partial charge is 0.327 e. The van der Waals surface area contributed by atoms with Gasteiger partial charge in [0.05, 0.1) is 18.1 Å². The molecule has 0 saturated heterocycles. The number of hydrogen-bond donors (Lipinski definition) is 1. The maximum atomic E-state index is 6.22. The van der Waals surface area contributed by atoms with Crippen molar-refractivity contribution in [2.24, 2.45) is 4.99 Å². The summed E-state index contributed by atoms with van der Waals surface area (Å²) in [5.74, 6) is 1.08. The smallest absolute Gasteiger partial charge is 0.199 e. The second kappa shape index (κ2) is 6.38. The van der Waals surface area contributed by atoms with Crippen molar-refractivity contribution in [2.45, 2.75) is 56.7 Å². The molecule has 0 unspecified atom stereocenters. The van der Waals surface area contributed by atoms with Gasteiger partial charge in [0, 0.05) is 16.3 Å². The van der Waals surface area contributed by atoms with Crippen molar-refractivity contribution in [2.75, 3.05) is 0 Å². The quantitative estimate of drug-likeness (QED) is 0.714. The number of hydrogen-bond acceptors (Lipinski definition) is 3. The predicted molar refractivity (Wildman–Crippen MR) is 114 cm³/mol. The lowest BCUT2D eigenvalue weighted by Gasteiger charge is -2.45. The Morgan fingerprint density at radius 3 is 2.68 bits per heavy atom.